The van der Waals surface area contributed by atoms with Crippen molar-refractivity contribution in [1.29, 1.82) is 0 Å². The van der Waals surface area contributed by atoms with Gasteiger partial charge in [0.15, 0.2) is 11.5 Å². The molecule has 0 atom stereocenters. The van der Waals surface area contributed by atoms with Crippen molar-refractivity contribution in [2.24, 2.45) is 0 Å². The Labute approximate surface area is 115 Å². The van der Waals surface area contributed by atoms with Crippen LogP contribution in [-0.4, -0.2) is 25.8 Å². The van der Waals surface area contributed by atoms with Crippen LogP contribution in [0.15, 0.2) is 12.1 Å². The summed E-state index contributed by atoms with van der Waals surface area (Å²) in [5, 5.41) is 3.26. The van der Waals surface area contributed by atoms with E-state index in [4.69, 9.17) is 9.47 Å². The van der Waals surface area contributed by atoms with Crippen molar-refractivity contribution in [2.45, 2.75) is 40.2 Å². The topological polar surface area (TPSA) is 30.5 Å². The number of aryl methyl sites for hydroxylation is 1. The van der Waals surface area contributed by atoms with Gasteiger partial charge in [0.2, 0.25) is 0 Å². The molecule has 0 aliphatic rings. The third-order valence-corrected chi connectivity index (χ3v) is 2.52. The molecule has 0 fully saturated rings. The molecule has 1 aromatic rings. The van der Waals surface area contributed by atoms with Crippen molar-refractivity contribution in [2.75, 3.05) is 19.7 Å². The Hall–Kier alpha value is -1.29. The number of hydrogen-bond donors (Lipinski definition) is 1. The molecule has 108 valence electrons. The van der Waals surface area contributed by atoms with Crippen LogP contribution in [0.4, 0.5) is 4.39 Å². The normalized spacial score (nSPS) is 10.8. The third kappa shape index (κ3) is 5.47. The Morgan fingerprint density at radius 1 is 1.26 bits per heavy atom. The molecule has 4 heteroatoms. The van der Waals surface area contributed by atoms with Gasteiger partial charge >= 0.3 is 0 Å². The van der Waals surface area contributed by atoms with Gasteiger partial charge in [-0.3, -0.25) is 0 Å². The number of halogens is 1. The summed E-state index contributed by atoms with van der Waals surface area (Å²) in [6.45, 7) is 10.0. The molecular weight excluding hydrogens is 245 g/mol. The molecule has 19 heavy (non-hydrogen) atoms. The van der Waals surface area contributed by atoms with E-state index in [0.29, 0.717) is 18.1 Å². The van der Waals surface area contributed by atoms with E-state index in [0.717, 1.165) is 25.1 Å². The molecule has 3 nitrogen and oxygen atoms in total. The van der Waals surface area contributed by atoms with E-state index < -0.39 is 0 Å². The zero-order valence-corrected chi connectivity index (χ0v) is 12.3. The van der Waals surface area contributed by atoms with Crippen LogP contribution in [0.1, 0.15) is 32.8 Å². The van der Waals surface area contributed by atoms with Gasteiger partial charge < -0.3 is 14.8 Å². The lowest BCUT2D eigenvalue weighted by atomic mass is 10.2. The average molecular weight is 269 g/mol. The summed E-state index contributed by atoms with van der Waals surface area (Å²) >= 11 is 0. The van der Waals surface area contributed by atoms with E-state index in [1.165, 1.54) is 12.1 Å². The van der Waals surface area contributed by atoms with Gasteiger partial charge in [-0.2, -0.15) is 0 Å². The first-order valence-electron chi connectivity index (χ1n) is 6.85. The van der Waals surface area contributed by atoms with Gasteiger partial charge in [-0.1, -0.05) is 6.92 Å². The fourth-order valence-corrected chi connectivity index (χ4v) is 1.75. The van der Waals surface area contributed by atoms with E-state index in [1.807, 2.05) is 20.8 Å². The summed E-state index contributed by atoms with van der Waals surface area (Å²) in [5.74, 6) is 0.806. The fraction of sp³-hybridized carbons (Fsp3) is 0.600. The summed E-state index contributed by atoms with van der Waals surface area (Å²) in [4.78, 5) is 0. The smallest absolute Gasteiger partial charge is 0.164 e. The maximum absolute atomic E-state index is 13.4. The zero-order valence-electron chi connectivity index (χ0n) is 12.3. The number of benzene rings is 1. The Bertz CT molecular complexity index is 394. The lowest BCUT2D eigenvalue weighted by molar-refractivity contribution is 0.219. The summed E-state index contributed by atoms with van der Waals surface area (Å²) in [5.41, 5.74) is 0.756. The quantitative estimate of drug-likeness (QED) is 0.735. The number of rotatable bonds is 8. The molecule has 1 rings (SSSR count). The van der Waals surface area contributed by atoms with Gasteiger partial charge in [-0.15, -0.1) is 0 Å². The number of ether oxygens (including phenoxy) is 2. The molecule has 0 heterocycles. The van der Waals surface area contributed by atoms with Crippen LogP contribution >= 0.6 is 0 Å². The predicted molar refractivity (Wildman–Crippen MR) is 75.6 cm³/mol. The van der Waals surface area contributed by atoms with Crippen LogP contribution in [0.5, 0.6) is 11.5 Å². The highest BCUT2D eigenvalue weighted by Gasteiger charge is 2.12. The van der Waals surface area contributed by atoms with Crippen molar-refractivity contribution in [3.05, 3.63) is 23.5 Å². The molecule has 0 saturated carbocycles. The molecule has 1 aromatic carbocycles. The molecule has 1 N–H and O–H groups in total. The molecule has 0 unspecified atom stereocenters. The van der Waals surface area contributed by atoms with Gasteiger partial charge in [-0.05, 0) is 45.4 Å². The summed E-state index contributed by atoms with van der Waals surface area (Å²) in [6.07, 6.45) is 1.08. The maximum Gasteiger partial charge on any atom is 0.164 e. The van der Waals surface area contributed by atoms with Crippen LogP contribution in [0.25, 0.3) is 0 Å². The van der Waals surface area contributed by atoms with Gasteiger partial charge in [0, 0.05) is 12.6 Å². The maximum atomic E-state index is 13.4. The largest absolute Gasteiger partial charge is 0.488 e. The SMILES string of the molecule is CCCNCCOc1c(C)cc(F)cc1OC(C)C. The molecule has 0 saturated heterocycles. The highest BCUT2D eigenvalue weighted by molar-refractivity contribution is 5.46. The molecule has 0 aromatic heterocycles. The molecule has 0 aliphatic heterocycles. The van der Waals surface area contributed by atoms with Crippen LogP contribution in [0, 0.1) is 12.7 Å². The molecular formula is C15H24FNO2. The minimum absolute atomic E-state index is 0.0123. The second-order valence-electron chi connectivity index (χ2n) is 4.82. The zero-order chi connectivity index (χ0) is 14.3. The lowest BCUT2D eigenvalue weighted by Gasteiger charge is -2.17. The van der Waals surface area contributed by atoms with Crippen molar-refractivity contribution in [3.8, 4) is 11.5 Å². The highest BCUT2D eigenvalue weighted by atomic mass is 19.1. The number of hydrogen-bond acceptors (Lipinski definition) is 3. The highest BCUT2D eigenvalue weighted by Crippen LogP contribution is 2.32. The standard InChI is InChI=1S/C15H24FNO2/c1-5-6-17-7-8-18-15-12(4)9-13(16)10-14(15)19-11(2)3/h9-11,17H,5-8H2,1-4H3. The van der Waals surface area contributed by atoms with Crippen molar-refractivity contribution < 1.29 is 13.9 Å². The third-order valence-electron chi connectivity index (χ3n) is 2.52. The monoisotopic (exact) mass is 269 g/mol. The molecule has 0 radical (unpaired) electrons. The molecule has 0 bridgehead atoms. The first-order valence-corrected chi connectivity index (χ1v) is 6.85. The Morgan fingerprint density at radius 2 is 2.00 bits per heavy atom. The Kier molecular flexibility index (Phi) is 6.64. The van der Waals surface area contributed by atoms with Gasteiger partial charge in [-0.25, -0.2) is 4.39 Å². The second-order valence-corrected chi connectivity index (χ2v) is 4.82. The van der Waals surface area contributed by atoms with Crippen molar-refractivity contribution >= 4 is 0 Å². The van der Waals surface area contributed by atoms with E-state index in [9.17, 15) is 4.39 Å². The van der Waals surface area contributed by atoms with E-state index >= 15 is 0 Å². The van der Waals surface area contributed by atoms with Crippen molar-refractivity contribution in [3.63, 3.8) is 0 Å². The first kappa shape index (κ1) is 15.8. The predicted octanol–water partition coefficient (Wildman–Crippen LogP) is 3.30. The van der Waals surface area contributed by atoms with E-state index in [-0.39, 0.29) is 11.9 Å². The molecule has 0 spiro atoms. The summed E-state index contributed by atoms with van der Waals surface area (Å²) in [6, 6.07) is 2.84. The molecule has 0 aliphatic carbocycles. The van der Waals surface area contributed by atoms with Crippen LogP contribution in [0.3, 0.4) is 0 Å². The fourth-order valence-electron chi connectivity index (χ4n) is 1.75. The summed E-state index contributed by atoms with van der Waals surface area (Å²) in [7, 11) is 0. The average Bonchev–Trinajstić information content (AvgIpc) is 2.30. The lowest BCUT2D eigenvalue weighted by Crippen LogP contribution is -2.22. The van der Waals surface area contributed by atoms with Crippen LogP contribution < -0.4 is 14.8 Å². The minimum Gasteiger partial charge on any atom is -0.488 e. The van der Waals surface area contributed by atoms with Crippen LogP contribution in [-0.2, 0) is 0 Å². The minimum atomic E-state index is -0.301. The van der Waals surface area contributed by atoms with Gasteiger partial charge in [0.1, 0.15) is 12.4 Å². The summed E-state index contributed by atoms with van der Waals surface area (Å²) < 4.78 is 24.7. The van der Waals surface area contributed by atoms with Gasteiger partial charge in [0.25, 0.3) is 0 Å². The van der Waals surface area contributed by atoms with Gasteiger partial charge in [0.05, 0.1) is 6.10 Å². The van der Waals surface area contributed by atoms with E-state index in [2.05, 4.69) is 12.2 Å². The van der Waals surface area contributed by atoms with E-state index in [1.54, 1.807) is 0 Å². The Morgan fingerprint density at radius 3 is 2.63 bits per heavy atom. The van der Waals surface area contributed by atoms with Crippen LogP contribution in [0.2, 0.25) is 0 Å². The first-order chi connectivity index (χ1) is 9.04. The van der Waals surface area contributed by atoms with Crippen molar-refractivity contribution in [1.82, 2.24) is 5.32 Å². The Balaban J connectivity index is 2.68. The molecule has 0 amide bonds. The second kappa shape index (κ2) is 8.00. The number of nitrogens with one attached hydrogen (secondary N) is 1.